The number of aryl methyl sites for hydroxylation is 1. The fourth-order valence-electron chi connectivity index (χ4n) is 4.17. The topological polar surface area (TPSA) is 94.3 Å². The summed E-state index contributed by atoms with van der Waals surface area (Å²) in [5.74, 6) is -0.0656. The highest BCUT2D eigenvalue weighted by molar-refractivity contribution is 5.87. The molecule has 1 aliphatic carbocycles. The summed E-state index contributed by atoms with van der Waals surface area (Å²) in [4.78, 5) is 29.0. The Morgan fingerprint density at radius 3 is 2.81 bits per heavy atom. The lowest BCUT2D eigenvalue weighted by Gasteiger charge is -2.35. The molecule has 0 bridgehead atoms. The van der Waals surface area contributed by atoms with Crippen LogP contribution in [0.1, 0.15) is 50.0 Å². The minimum absolute atomic E-state index is 0.137. The minimum Gasteiger partial charge on any atom is -0.458 e. The van der Waals surface area contributed by atoms with E-state index in [1.54, 1.807) is 0 Å². The Balaban J connectivity index is 1.42. The summed E-state index contributed by atoms with van der Waals surface area (Å²) in [6.07, 6.45) is 4.76. The van der Waals surface area contributed by atoms with Gasteiger partial charge in [-0.15, -0.1) is 0 Å². The van der Waals surface area contributed by atoms with E-state index in [0.29, 0.717) is 11.7 Å². The second kappa shape index (κ2) is 7.13. The van der Waals surface area contributed by atoms with Crippen molar-refractivity contribution in [1.29, 1.82) is 0 Å². The second-order valence-corrected chi connectivity index (χ2v) is 7.40. The fourth-order valence-corrected chi connectivity index (χ4v) is 4.17. The number of ether oxygens (including phenoxy) is 1. The highest BCUT2D eigenvalue weighted by Gasteiger charge is 2.52. The summed E-state index contributed by atoms with van der Waals surface area (Å²) >= 11 is 0. The Morgan fingerprint density at radius 1 is 1.26 bits per heavy atom. The Labute approximate surface area is 157 Å². The summed E-state index contributed by atoms with van der Waals surface area (Å²) in [7, 11) is 0. The molecule has 2 aliphatic rings. The van der Waals surface area contributed by atoms with Gasteiger partial charge >= 0.3 is 5.97 Å². The van der Waals surface area contributed by atoms with Gasteiger partial charge in [0.25, 0.3) is 0 Å². The largest absolute Gasteiger partial charge is 0.458 e. The van der Waals surface area contributed by atoms with E-state index >= 15 is 0 Å². The van der Waals surface area contributed by atoms with Gasteiger partial charge in [-0.05, 0) is 38.2 Å². The van der Waals surface area contributed by atoms with Crippen LogP contribution in [-0.2, 0) is 20.9 Å². The van der Waals surface area contributed by atoms with Crippen molar-refractivity contribution in [2.24, 2.45) is 5.92 Å². The van der Waals surface area contributed by atoms with E-state index in [1.807, 2.05) is 31.2 Å². The number of rotatable bonds is 4. The van der Waals surface area contributed by atoms with Gasteiger partial charge in [0.1, 0.15) is 5.60 Å². The zero-order valence-electron chi connectivity index (χ0n) is 15.4. The molecule has 7 nitrogen and oxygen atoms in total. The van der Waals surface area contributed by atoms with Crippen molar-refractivity contribution < 1.29 is 18.8 Å². The highest BCUT2D eigenvalue weighted by Crippen LogP contribution is 2.44. The van der Waals surface area contributed by atoms with Crippen molar-refractivity contribution >= 4 is 11.9 Å². The molecule has 1 aromatic heterocycles. The molecule has 142 valence electrons. The highest BCUT2D eigenvalue weighted by atomic mass is 16.6. The molecule has 1 saturated heterocycles. The first-order valence-electron chi connectivity index (χ1n) is 9.45. The fraction of sp³-hybridized carbons (Fsp3) is 0.500. The molecule has 2 heterocycles. The Kier molecular flexibility index (Phi) is 4.68. The van der Waals surface area contributed by atoms with Gasteiger partial charge in [0.15, 0.2) is 0 Å². The van der Waals surface area contributed by atoms with E-state index in [0.717, 1.165) is 43.2 Å². The first kappa shape index (κ1) is 17.7. The molecule has 0 unspecified atom stereocenters. The standard InChI is InChI=1S/C20H23N3O4/c1-13-7-3-4-8-14(13)18-22-16(27-23-18)12-21-19(25)15-11-17(24)26-20(15)9-5-2-6-10-20/h3-4,7-8,15H,2,5-6,9-12H2,1H3,(H,21,25)/t15-/m1/s1. The van der Waals surface area contributed by atoms with Crippen molar-refractivity contribution in [2.45, 2.75) is 57.6 Å². The monoisotopic (exact) mass is 369 g/mol. The third-order valence-electron chi connectivity index (χ3n) is 5.61. The van der Waals surface area contributed by atoms with Gasteiger partial charge in [-0.2, -0.15) is 4.98 Å². The average Bonchev–Trinajstić information content (AvgIpc) is 3.25. The quantitative estimate of drug-likeness (QED) is 0.833. The Bertz CT molecular complexity index is 854. The molecule has 0 radical (unpaired) electrons. The number of nitrogens with one attached hydrogen (secondary N) is 1. The lowest BCUT2D eigenvalue weighted by atomic mass is 9.75. The minimum atomic E-state index is -0.624. The maximum absolute atomic E-state index is 12.7. The van der Waals surface area contributed by atoms with E-state index in [9.17, 15) is 9.59 Å². The summed E-state index contributed by atoms with van der Waals surface area (Å²) in [5, 5.41) is 6.85. The Hall–Kier alpha value is -2.70. The van der Waals surface area contributed by atoms with E-state index in [-0.39, 0.29) is 24.8 Å². The number of nitrogens with zero attached hydrogens (tertiary/aromatic N) is 2. The maximum Gasteiger partial charge on any atom is 0.307 e. The molecule has 1 aliphatic heterocycles. The van der Waals surface area contributed by atoms with Gasteiger partial charge in [-0.25, -0.2) is 0 Å². The predicted octanol–water partition coefficient (Wildman–Crippen LogP) is 2.93. The van der Waals surface area contributed by atoms with Crippen LogP contribution in [0.5, 0.6) is 0 Å². The summed E-state index contributed by atoms with van der Waals surface area (Å²) in [6, 6.07) is 7.78. The molecule has 1 spiro atoms. The van der Waals surface area contributed by atoms with Gasteiger partial charge in [-0.3, -0.25) is 9.59 Å². The molecule has 27 heavy (non-hydrogen) atoms. The van der Waals surface area contributed by atoms with E-state index in [4.69, 9.17) is 9.26 Å². The van der Waals surface area contributed by atoms with Crippen LogP contribution in [0.3, 0.4) is 0 Å². The summed E-state index contributed by atoms with van der Waals surface area (Å²) in [5.41, 5.74) is 1.32. The zero-order chi connectivity index (χ0) is 18.9. The normalized spacial score (nSPS) is 21.2. The van der Waals surface area contributed by atoms with Crippen LogP contribution in [0.4, 0.5) is 0 Å². The number of carbonyl (C=O) groups excluding carboxylic acids is 2. The number of aromatic nitrogens is 2. The molecule has 1 aromatic carbocycles. The van der Waals surface area contributed by atoms with Gasteiger partial charge < -0.3 is 14.6 Å². The van der Waals surface area contributed by atoms with Crippen LogP contribution in [0.25, 0.3) is 11.4 Å². The van der Waals surface area contributed by atoms with Crippen LogP contribution >= 0.6 is 0 Å². The maximum atomic E-state index is 12.7. The average molecular weight is 369 g/mol. The third kappa shape index (κ3) is 3.46. The molecular weight excluding hydrogens is 346 g/mol. The lowest BCUT2D eigenvalue weighted by Crippen LogP contribution is -2.45. The molecule has 1 atom stereocenters. The molecule has 1 saturated carbocycles. The smallest absolute Gasteiger partial charge is 0.307 e. The van der Waals surface area contributed by atoms with E-state index in [2.05, 4.69) is 15.5 Å². The van der Waals surface area contributed by atoms with Gasteiger partial charge in [0.2, 0.25) is 17.6 Å². The number of amides is 1. The van der Waals surface area contributed by atoms with Crippen LogP contribution in [0.2, 0.25) is 0 Å². The van der Waals surface area contributed by atoms with Gasteiger partial charge in [-0.1, -0.05) is 35.8 Å². The number of benzene rings is 1. The molecule has 2 aromatic rings. The van der Waals surface area contributed by atoms with Crippen molar-refractivity contribution in [3.05, 3.63) is 35.7 Å². The van der Waals surface area contributed by atoms with Crippen LogP contribution in [0, 0.1) is 12.8 Å². The van der Waals surface area contributed by atoms with Crippen molar-refractivity contribution in [1.82, 2.24) is 15.5 Å². The van der Waals surface area contributed by atoms with Gasteiger partial charge in [0.05, 0.1) is 18.9 Å². The molecular formula is C20H23N3O4. The SMILES string of the molecule is Cc1ccccc1-c1noc(CNC(=O)[C@H]2CC(=O)OC23CCCCC3)n1. The lowest BCUT2D eigenvalue weighted by molar-refractivity contribution is -0.153. The van der Waals surface area contributed by atoms with Crippen LogP contribution in [0.15, 0.2) is 28.8 Å². The predicted molar refractivity (Wildman–Crippen MR) is 96.3 cm³/mol. The van der Waals surface area contributed by atoms with Crippen LogP contribution < -0.4 is 5.32 Å². The molecule has 1 amide bonds. The number of hydrogen-bond acceptors (Lipinski definition) is 6. The summed E-state index contributed by atoms with van der Waals surface area (Å²) < 4.78 is 10.9. The number of esters is 1. The zero-order valence-corrected chi connectivity index (χ0v) is 15.4. The van der Waals surface area contributed by atoms with Crippen molar-refractivity contribution in [2.75, 3.05) is 0 Å². The molecule has 4 rings (SSSR count). The summed E-state index contributed by atoms with van der Waals surface area (Å²) in [6.45, 7) is 2.12. The van der Waals surface area contributed by atoms with Crippen molar-refractivity contribution in [3.63, 3.8) is 0 Å². The number of carbonyl (C=O) groups is 2. The third-order valence-corrected chi connectivity index (χ3v) is 5.61. The first-order valence-corrected chi connectivity index (χ1v) is 9.45. The van der Waals surface area contributed by atoms with Crippen molar-refractivity contribution in [3.8, 4) is 11.4 Å². The molecule has 2 fully saturated rings. The second-order valence-electron chi connectivity index (χ2n) is 7.40. The van der Waals surface area contributed by atoms with E-state index in [1.165, 1.54) is 0 Å². The molecule has 1 N–H and O–H groups in total. The first-order chi connectivity index (χ1) is 13.1. The molecule has 7 heteroatoms. The number of hydrogen-bond donors (Lipinski definition) is 1. The Morgan fingerprint density at radius 2 is 2.04 bits per heavy atom. The van der Waals surface area contributed by atoms with Gasteiger partial charge in [0, 0.05) is 5.56 Å². The van der Waals surface area contributed by atoms with Crippen LogP contribution in [-0.4, -0.2) is 27.6 Å². The van der Waals surface area contributed by atoms with E-state index < -0.39 is 11.5 Å².